The first kappa shape index (κ1) is 13.7. The van der Waals surface area contributed by atoms with Crippen LogP contribution in [-0.2, 0) is 9.53 Å². The van der Waals surface area contributed by atoms with Gasteiger partial charge in [-0.3, -0.25) is 4.79 Å². The minimum atomic E-state index is -0.0192. The van der Waals surface area contributed by atoms with E-state index in [1.165, 1.54) is 0 Å². The van der Waals surface area contributed by atoms with Gasteiger partial charge in [-0.1, -0.05) is 0 Å². The van der Waals surface area contributed by atoms with Gasteiger partial charge in [0.2, 0.25) is 11.7 Å². The number of tetrazole rings is 1. The average Bonchev–Trinajstić information content (AvgIpc) is 3.03. The third-order valence-corrected chi connectivity index (χ3v) is 3.46. The predicted octanol–water partition coefficient (Wildman–Crippen LogP) is 1.76. The van der Waals surface area contributed by atoms with Crippen LogP contribution in [0.15, 0.2) is 24.3 Å². The second-order valence-corrected chi connectivity index (χ2v) is 5.05. The van der Waals surface area contributed by atoms with Crippen LogP contribution in [0.5, 0.6) is 0 Å². The van der Waals surface area contributed by atoms with Gasteiger partial charge < -0.3 is 10.1 Å². The van der Waals surface area contributed by atoms with E-state index in [0.717, 1.165) is 37.1 Å². The molecule has 1 aliphatic rings. The van der Waals surface area contributed by atoms with Crippen LogP contribution in [0.2, 0.25) is 0 Å². The Labute approximate surface area is 122 Å². The van der Waals surface area contributed by atoms with Crippen molar-refractivity contribution < 1.29 is 9.53 Å². The molecule has 1 fully saturated rings. The molecule has 0 saturated carbocycles. The second kappa shape index (κ2) is 6.45. The third kappa shape index (κ3) is 3.63. The molecule has 1 saturated heterocycles. The number of ether oxygens (including phenoxy) is 1. The lowest BCUT2D eigenvalue weighted by Gasteiger charge is -2.21. The number of hydrogen-bond donors (Lipinski definition) is 2. The molecule has 2 heterocycles. The van der Waals surface area contributed by atoms with Gasteiger partial charge in [-0.25, -0.2) is 0 Å². The van der Waals surface area contributed by atoms with Gasteiger partial charge in [0.05, 0.1) is 12.5 Å². The molecule has 21 heavy (non-hydrogen) atoms. The lowest BCUT2D eigenvalue weighted by Crippen LogP contribution is -2.25. The fraction of sp³-hybridized carbons (Fsp3) is 0.429. The number of rotatable bonds is 4. The van der Waals surface area contributed by atoms with Crippen molar-refractivity contribution in [1.29, 1.82) is 0 Å². The molecule has 1 aromatic heterocycles. The molecule has 0 bridgehead atoms. The molecule has 0 unspecified atom stereocenters. The Balaban J connectivity index is 1.56. The van der Waals surface area contributed by atoms with E-state index in [2.05, 4.69) is 25.9 Å². The van der Waals surface area contributed by atoms with Crippen molar-refractivity contribution in [1.82, 2.24) is 20.6 Å². The first-order valence-electron chi connectivity index (χ1n) is 7.06. The highest BCUT2D eigenvalue weighted by molar-refractivity contribution is 5.91. The van der Waals surface area contributed by atoms with E-state index in [1.807, 2.05) is 24.3 Å². The summed E-state index contributed by atoms with van der Waals surface area (Å²) in [4.78, 5) is 12.0. The number of aromatic amines is 1. The summed E-state index contributed by atoms with van der Waals surface area (Å²) in [6, 6.07) is 7.34. The van der Waals surface area contributed by atoms with Crippen molar-refractivity contribution in [3.05, 3.63) is 24.3 Å². The van der Waals surface area contributed by atoms with E-state index in [4.69, 9.17) is 4.74 Å². The molecule has 1 aromatic carbocycles. The predicted molar refractivity (Wildman–Crippen MR) is 76.5 cm³/mol. The van der Waals surface area contributed by atoms with Gasteiger partial charge in [0.1, 0.15) is 0 Å². The summed E-state index contributed by atoms with van der Waals surface area (Å²) < 4.78 is 5.57. The summed E-state index contributed by atoms with van der Waals surface area (Å²) in [7, 11) is 0. The van der Waals surface area contributed by atoms with Gasteiger partial charge in [-0.15, -0.1) is 10.2 Å². The number of carbonyl (C=O) groups is 1. The average molecular weight is 287 g/mol. The van der Waals surface area contributed by atoms with Crippen molar-refractivity contribution in [2.75, 3.05) is 11.9 Å². The highest BCUT2D eigenvalue weighted by atomic mass is 16.5. The number of carbonyl (C=O) groups excluding carboxylic acids is 1. The Kier molecular flexibility index (Phi) is 4.20. The fourth-order valence-electron chi connectivity index (χ4n) is 2.37. The van der Waals surface area contributed by atoms with E-state index in [9.17, 15) is 4.79 Å². The zero-order valence-electron chi connectivity index (χ0n) is 11.6. The Bertz CT molecular complexity index is 576. The third-order valence-electron chi connectivity index (χ3n) is 3.46. The molecule has 1 atom stereocenters. The van der Waals surface area contributed by atoms with Gasteiger partial charge in [-0.05, 0) is 48.7 Å². The fourth-order valence-corrected chi connectivity index (χ4v) is 2.37. The van der Waals surface area contributed by atoms with Crippen LogP contribution in [0.1, 0.15) is 25.7 Å². The summed E-state index contributed by atoms with van der Waals surface area (Å²) in [5.74, 6) is 0.512. The Hall–Kier alpha value is -2.28. The van der Waals surface area contributed by atoms with Gasteiger partial charge in [0.25, 0.3) is 0 Å². The maximum absolute atomic E-state index is 12.0. The molecule has 0 spiro atoms. The minimum absolute atomic E-state index is 0.0192. The van der Waals surface area contributed by atoms with Crippen LogP contribution in [0.25, 0.3) is 11.4 Å². The first-order chi connectivity index (χ1) is 10.3. The maximum Gasteiger partial charge on any atom is 0.226 e. The van der Waals surface area contributed by atoms with Gasteiger partial charge in [0.15, 0.2) is 0 Å². The first-order valence-corrected chi connectivity index (χ1v) is 7.06. The van der Waals surface area contributed by atoms with Crippen LogP contribution >= 0.6 is 0 Å². The lowest BCUT2D eigenvalue weighted by molar-refractivity contribution is -0.119. The quantitative estimate of drug-likeness (QED) is 0.894. The van der Waals surface area contributed by atoms with Crippen LogP contribution < -0.4 is 5.32 Å². The highest BCUT2D eigenvalue weighted by Crippen LogP contribution is 2.19. The van der Waals surface area contributed by atoms with Gasteiger partial charge in [0, 0.05) is 17.9 Å². The minimum Gasteiger partial charge on any atom is -0.378 e. The Morgan fingerprint density at radius 3 is 2.86 bits per heavy atom. The molecule has 110 valence electrons. The maximum atomic E-state index is 12.0. The van der Waals surface area contributed by atoms with Crippen LogP contribution in [0, 0.1) is 0 Å². The number of nitrogens with one attached hydrogen (secondary N) is 2. The largest absolute Gasteiger partial charge is 0.378 e. The van der Waals surface area contributed by atoms with Gasteiger partial charge >= 0.3 is 0 Å². The normalized spacial score (nSPS) is 18.4. The topological polar surface area (TPSA) is 92.8 Å². The molecule has 2 N–H and O–H groups in total. The molecule has 3 rings (SSSR count). The molecule has 2 aromatic rings. The molecule has 1 aliphatic heterocycles. The summed E-state index contributed by atoms with van der Waals surface area (Å²) in [6.45, 7) is 0.761. The van der Waals surface area contributed by atoms with E-state index in [-0.39, 0.29) is 12.0 Å². The summed E-state index contributed by atoms with van der Waals surface area (Å²) in [5, 5.41) is 16.6. The smallest absolute Gasteiger partial charge is 0.226 e. The number of aromatic nitrogens is 4. The van der Waals surface area contributed by atoms with E-state index >= 15 is 0 Å². The number of hydrogen-bond acceptors (Lipinski definition) is 5. The van der Waals surface area contributed by atoms with Crippen molar-refractivity contribution in [3.63, 3.8) is 0 Å². The highest BCUT2D eigenvalue weighted by Gasteiger charge is 2.17. The molecular weight excluding hydrogens is 270 g/mol. The van der Waals surface area contributed by atoms with E-state index in [1.54, 1.807) is 0 Å². The summed E-state index contributed by atoms with van der Waals surface area (Å²) in [5.41, 5.74) is 1.60. The molecule has 1 amide bonds. The number of benzene rings is 1. The molecule has 0 radical (unpaired) electrons. The number of anilines is 1. The monoisotopic (exact) mass is 287 g/mol. The van der Waals surface area contributed by atoms with Gasteiger partial charge in [-0.2, -0.15) is 5.21 Å². The van der Waals surface area contributed by atoms with E-state index < -0.39 is 0 Å². The summed E-state index contributed by atoms with van der Waals surface area (Å²) in [6.07, 6.45) is 3.65. The second-order valence-electron chi connectivity index (χ2n) is 5.05. The van der Waals surface area contributed by atoms with Crippen molar-refractivity contribution in [3.8, 4) is 11.4 Å². The standard InChI is InChI=1S/C14H17N5O2/c20-13(9-12-3-1-2-8-21-12)15-11-6-4-10(5-7-11)14-16-18-19-17-14/h4-7,12H,1-3,8-9H2,(H,15,20)(H,16,17,18,19)/t12-/m0/s1. The Morgan fingerprint density at radius 1 is 1.33 bits per heavy atom. The van der Waals surface area contributed by atoms with E-state index in [0.29, 0.717) is 12.2 Å². The number of amides is 1. The molecule has 7 nitrogen and oxygen atoms in total. The van der Waals surface area contributed by atoms with Crippen molar-refractivity contribution >= 4 is 11.6 Å². The van der Waals surface area contributed by atoms with Crippen LogP contribution in [0.3, 0.4) is 0 Å². The zero-order valence-corrected chi connectivity index (χ0v) is 11.6. The van der Waals surface area contributed by atoms with Crippen molar-refractivity contribution in [2.45, 2.75) is 31.8 Å². The molecule has 7 heteroatoms. The number of H-pyrrole nitrogens is 1. The summed E-state index contributed by atoms with van der Waals surface area (Å²) >= 11 is 0. The Morgan fingerprint density at radius 2 is 2.19 bits per heavy atom. The lowest BCUT2D eigenvalue weighted by atomic mass is 10.1. The van der Waals surface area contributed by atoms with Crippen LogP contribution in [-0.4, -0.2) is 39.2 Å². The SMILES string of the molecule is O=C(C[C@@H]1CCCCO1)Nc1ccc(-c2nn[nH]n2)cc1. The molecule has 0 aliphatic carbocycles. The zero-order chi connectivity index (χ0) is 14.5. The number of nitrogens with zero attached hydrogens (tertiary/aromatic N) is 3. The van der Waals surface area contributed by atoms with Crippen molar-refractivity contribution in [2.24, 2.45) is 0 Å². The molecular formula is C14H17N5O2. The van der Waals surface area contributed by atoms with Crippen LogP contribution in [0.4, 0.5) is 5.69 Å².